The lowest BCUT2D eigenvalue weighted by molar-refractivity contribution is -2.00. The van der Waals surface area contributed by atoms with Crippen LogP contribution in [0.3, 0.4) is 0 Å². The van der Waals surface area contributed by atoms with Crippen LogP contribution in [0.1, 0.15) is 5.56 Å². The number of hydrogen-bond acceptors (Lipinski definition) is 5. The molecule has 0 aliphatic carbocycles. The molecule has 0 fully saturated rings. The Bertz CT molecular complexity index is 308. The molecule has 0 bridgehead atoms. The molecule has 0 saturated carbocycles. The Kier molecular flexibility index (Phi) is 7.56. The molecule has 98 valence electrons. The third-order valence-corrected chi connectivity index (χ3v) is 2.01. The zero-order valence-corrected chi connectivity index (χ0v) is 10.6. The quantitative estimate of drug-likeness (QED) is 0.450. The Labute approximate surface area is 106 Å². The third-order valence-electron chi connectivity index (χ3n) is 1.66. The second-order valence-electron chi connectivity index (χ2n) is 3.26. The number of rotatable bonds is 3. The predicted octanol–water partition coefficient (Wildman–Crippen LogP) is -3.87. The SMILES string of the molecule is Cc1cc[n+](CC(O)CCl)cc1.[O-][Cl+3]([O-])([O-])[O-]. The van der Waals surface area contributed by atoms with Crippen LogP contribution in [0.5, 0.6) is 0 Å². The van der Waals surface area contributed by atoms with Crippen molar-refractivity contribution in [1.82, 2.24) is 0 Å². The average Bonchev–Trinajstić information content (AvgIpc) is 2.19. The van der Waals surface area contributed by atoms with Crippen LogP contribution in [0, 0.1) is 17.2 Å². The van der Waals surface area contributed by atoms with E-state index < -0.39 is 16.3 Å². The number of alkyl halides is 1. The first-order valence-corrected chi connectivity index (χ1v) is 6.30. The molecule has 1 atom stereocenters. The van der Waals surface area contributed by atoms with Gasteiger partial charge in [-0.25, -0.2) is 23.2 Å². The summed E-state index contributed by atoms with van der Waals surface area (Å²) in [6.07, 6.45) is 3.41. The van der Waals surface area contributed by atoms with E-state index in [9.17, 15) is 5.11 Å². The van der Waals surface area contributed by atoms with Gasteiger partial charge in [0.25, 0.3) is 0 Å². The Morgan fingerprint density at radius 1 is 1.29 bits per heavy atom. The maximum atomic E-state index is 9.23. The van der Waals surface area contributed by atoms with Crippen LogP contribution in [-0.2, 0) is 6.54 Å². The summed E-state index contributed by atoms with van der Waals surface area (Å²) in [5, 5.41) is 9.23. The van der Waals surface area contributed by atoms with E-state index in [0.717, 1.165) is 0 Å². The number of aryl methyl sites for hydroxylation is 1. The highest BCUT2D eigenvalue weighted by molar-refractivity contribution is 6.18. The summed E-state index contributed by atoms with van der Waals surface area (Å²) < 4.78 is 35.9. The van der Waals surface area contributed by atoms with E-state index >= 15 is 0 Å². The molecule has 0 amide bonds. The second kappa shape index (κ2) is 7.78. The fourth-order valence-electron chi connectivity index (χ4n) is 0.946. The summed E-state index contributed by atoms with van der Waals surface area (Å²) in [6.45, 7) is 2.59. The van der Waals surface area contributed by atoms with Gasteiger partial charge in [-0.2, -0.15) is 0 Å². The summed E-state index contributed by atoms with van der Waals surface area (Å²) in [4.78, 5) is 0. The van der Waals surface area contributed by atoms with E-state index in [-0.39, 0.29) is 5.88 Å². The molecule has 0 radical (unpaired) electrons. The molecule has 1 aromatic rings. The van der Waals surface area contributed by atoms with Crippen molar-refractivity contribution < 1.29 is 38.6 Å². The number of aliphatic hydroxyl groups excluding tert-OH is 1. The number of hydrogen-bond donors (Lipinski definition) is 1. The van der Waals surface area contributed by atoms with Crippen molar-refractivity contribution in [3.05, 3.63) is 30.1 Å². The highest BCUT2D eigenvalue weighted by Gasteiger charge is 2.07. The van der Waals surface area contributed by atoms with Crippen molar-refractivity contribution >= 4 is 11.6 Å². The van der Waals surface area contributed by atoms with Crippen molar-refractivity contribution in [3.63, 3.8) is 0 Å². The molecule has 0 aliphatic heterocycles. The Balaban J connectivity index is 0.000000437. The maximum Gasteiger partial charge on any atom is 0.175 e. The van der Waals surface area contributed by atoms with E-state index in [2.05, 4.69) is 0 Å². The smallest absolute Gasteiger partial charge is 0.175 e. The number of aliphatic hydroxyl groups is 1. The highest BCUT2D eigenvalue weighted by Crippen LogP contribution is 1.92. The van der Waals surface area contributed by atoms with Crippen molar-refractivity contribution in [2.45, 2.75) is 19.6 Å². The van der Waals surface area contributed by atoms with Gasteiger partial charge in [0.1, 0.15) is 6.10 Å². The van der Waals surface area contributed by atoms with E-state index in [0.29, 0.717) is 6.54 Å². The van der Waals surface area contributed by atoms with Gasteiger partial charge in [0.2, 0.25) is 0 Å². The lowest BCUT2D eigenvalue weighted by Crippen LogP contribution is -2.68. The van der Waals surface area contributed by atoms with Gasteiger partial charge in [-0.3, -0.25) is 0 Å². The molecule has 0 aromatic carbocycles. The fraction of sp³-hybridized carbons (Fsp3) is 0.444. The molecule has 1 aromatic heterocycles. The van der Waals surface area contributed by atoms with Crippen LogP contribution in [0.25, 0.3) is 0 Å². The van der Waals surface area contributed by atoms with E-state index in [1.807, 2.05) is 36.0 Å². The summed E-state index contributed by atoms with van der Waals surface area (Å²) >= 11 is 5.47. The fourth-order valence-corrected chi connectivity index (χ4v) is 1.04. The zero-order chi connectivity index (χ0) is 13.5. The number of aromatic nitrogens is 1. The number of pyridine rings is 1. The minimum atomic E-state index is -4.94. The van der Waals surface area contributed by atoms with Gasteiger partial charge in [0.15, 0.2) is 18.9 Å². The van der Waals surface area contributed by atoms with Crippen LogP contribution in [0.2, 0.25) is 0 Å². The molecule has 8 heteroatoms. The van der Waals surface area contributed by atoms with Gasteiger partial charge in [0.05, 0.1) is 5.88 Å². The minimum absolute atomic E-state index is 0.279. The van der Waals surface area contributed by atoms with E-state index in [1.54, 1.807) is 0 Å². The second-order valence-corrected chi connectivity index (χ2v) is 4.32. The molecule has 0 spiro atoms. The molecular formula is C9H13Cl2NO5. The number of nitrogens with zero attached hydrogens (tertiary/aromatic N) is 1. The maximum absolute atomic E-state index is 9.23. The van der Waals surface area contributed by atoms with Gasteiger partial charge in [-0.05, 0) is 12.5 Å². The standard InChI is InChI=1S/C9H13ClNO.ClHO4/c1-8-2-4-11(5-3-8)7-9(12)6-10;2-1(3,4)5/h2-5,9,12H,6-7H2,1H3;(H,2,3,4,5)/q+1;/p-1. The Morgan fingerprint density at radius 3 is 2.06 bits per heavy atom. The predicted molar refractivity (Wildman–Crippen MR) is 48.1 cm³/mol. The molecule has 6 nitrogen and oxygen atoms in total. The Morgan fingerprint density at radius 2 is 1.71 bits per heavy atom. The van der Waals surface area contributed by atoms with Gasteiger partial charge in [-0.15, -0.1) is 21.8 Å². The van der Waals surface area contributed by atoms with Crippen molar-refractivity contribution in [2.24, 2.45) is 0 Å². The molecule has 0 saturated heterocycles. The van der Waals surface area contributed by atoms with Gasteiger partial charge in [0, 0.05) is 12.1 Å². The first kappa shape index (κ1) is 16.5. The molecule has 1 N–H and O–H groups in total. The van der Waals surface area contributed by atoms with Crippen molar-refractivity contribution in [2.75, 3.05) is 5.88 Å². The van der Waals surface area contributed by atoms with Gasteiger partial charge in [-0.1, -0.05) is 0 Å². The topological polar surface area (TPSA) is 116 Å². The average molecular weight is 286 g/mol. The van der Waals surface area contributed by atoms with Crippen molar-refractivity contribution in [3.8, 4) is 0 Å². The minimum Gasteiger partial charge on any atom is -0.385 e. The van der Waals surface area contributed by atoms with Crippen molar-refractivity contribution in [1.29, 1.82) is 0 Å². The summed E-state index contributed by atoms with van der Waals surface area (Å²) in [5.41, 5.74) is 1.21. The van der Waals surface area contributed by atoms with Crippen LogP contribution in [0.4, 0.5) is 0 Å². The van der Waals surface area contributed by atoms with E-state index in [1.165, 1.54) is 5.56 Å². The first-order chi connectivity index (χ1) is 7.72. The summed E-state index contributed by atoms with van der Waals surface area (Å²) in [5.74, 6) is 0.279. The highest BCUT2D eigenvalue weighted by atomic mass is 35.7. The summed E-state index contributed by atoms with van der Waals surface area (Å²) in [7, 11) is -4.94. The molecule has 1 unspecified atom stereocenters. The first-order valence-electron chi connectivity index (χ1n) is 4.54. The number of halogens is 2. The third kappa shape index (κ3) is 11.8. The zero-order valence-electron chi connectivity index (χ0n) is 9.08. The van der Waals surface area contributed by atoms with Crippen LogP contribution < -0.4 is 23.2 Å². The van der Waals surface area contributed by atoms with Crippen LogP contribution >= 0.6 is 11.6 Å². The van der Waals surface area contributed by atoms with Crippen LogP contribution in [0.15, 0.2) is 24.5 Å². The molecular weight excluding hydrogens is 273 g/mol. The summed E-state index contributed by atoms with van der Waals surface area (Å²) in [6, 6.07) is 4.00. The molecule has 17 heavy (non-hydrogen) atoms. The van der Waals surface area contributed by atoms with E-state index in [4.69, 9.17) is 30.2 Å². The molecule has 1 heterocycles. The lowest BCUT2D eigenvalue weighted by atomic mass is 10.3. The molecule has 0 aliphatic rings. The Hall–Kier alpha value is -0.470. The lowest BCUT2D eigenvalue weighted by Gasteiger charge is -2.17. The monoisotopic (exact) mass is 285 g/mol. The van der Waals surface area contributed by atoms with Gasteiger partial charge < -0.3 is 5.11 Å². The van der Waals surface area contributed by atoms with Gasteiger partial charge >= 0.3 is 0 Å². The molecule has 1 rings (SSSR count). The normalized spacial score (nSPS) is 12.6. The van der Waals surface area contributed by atoms with Crippen LogP contribution in [-0.4, -0.2) is 17.1 Å². The largest absolute Gasteiger partial charge is 0.385 e.